The highest BCUT2D eigenvalue weighted by Gasteiger charge is 2.14. The third-order valence-corrected chi connectivity index (χ3v) is 3.95. The Bertz CT molecular complexity index is 921. The van der Waals surface area contributed by atoms with Crippen LogP contribution in [0, 0.1) is 12.7 Å². The molecule has 1 heterocycles. The van der Waals surface area contributed by atoms with Crippen molar-refractivity contribution in [2.45, 2.75) is 6.92 Å². The van der Waals surface area contributed by atoms with Gasteiger partial charge in [0.2, 0.25) is 0 Å². The number of nitrogens with one attached hydrogen (secondary N) is 1. The first kappa shape index (κ1) is 16.1. The first-order valence-corrected chi connectivity index (χ1v) is 7.55. The molecule has 1 aromatic heterocycles. The second kappa shape index (κ2) is 6.37. The van der Waals surface area contributed by atoms with Crippen LogP contribution in [0.2, 0.25) is 5.02 Å². The predicted molar refractivity (Wildman–Crippen MR) is 92.7 cm³/mol. The fourth-order valence-electron chi connectivity index (χ4n) is 2.24. The van der Waals surface area contributed by atoms with Gasteiger partial charge in [0.05, 0.1) is 5.02 Å². The molecule has 3 aromatic rings. The highest BCUT2D eigenvalue weighted by atomic mass is 35.5. The number of rotatable bonds is 3. The van der Waals surface area contributed by atoms with Gasteiger partial charge in [-0.25, -0.2) is 4.39 Å². The average molecular weight is 345 g/mol. The zero-order chi connectivity index (χ0) is 17.3. The van der Waals surface area contributed by atoms with Crippen LogP contribution in [0.4, 0.5) is 15.8 Å². The number of amides is 1. The standard InChI is InChI=1S/C18H14ClFN2O2/c1-10-14(21)3-2-4-15(10)22-18(23)17-8-7-16(24-17)11-5-6-13(20)12(19)9-11/h2-9H,21H2,1H3,(H,22,23). The van der Waals surface area contributed by atoms with Gasteiger partial charge in [-0.1, -0.05) is 17.7 Å². The highest BCUT2D eigenvalue weighted by Crippen LogP contribution is 2.27. The quantitative estimate of drug-likeness (QED) is 0.665. The van der Waals surface area contributed by atoms with Crippen LogP contribution >= 0.6 is 11.6 Å². The van der Waals surface area contributed by atoms with Crippen molar-refractivity contribution >= 4 is 28.9 Å². The van der Waals surface area contributed by atoms with Crippen molar-refractivity contribution in [2.75, 3.05) is 11.1 Å². The number of hydrogen-bond donors (Lipinski definition) is 2. The lowest BCUT2D eigenvalue weighted by atomic mass is 10.1. The fourth-order valence-corrected chi connectivity index (χ4v) is 2.42. The van der Waals surface area contributed by atoms with Crippen molar-refractivity contribution in [2.24, 2.45) is 0 Å². The molecule has 2 aromatic carbocycles. The van der Waals surface area contributed by atoms with Gasteiger partial charge in [0.25, 0.3) is 5.91 Å². The Hall–Kier alpha value is -2.79. The number of nitrogen functional groups attached to an aromatic ring is 1. The van der Waals surface area contributed by atoms with Crippen molar-refractivity contribution in [1.82, 2.24) is 0 Å². The molecule has 0 fully saturated rings. The summed E-state index contributed by atoms with van der Waals surface area (Å²) in [6.45, 7) is 1.82. The number of halogens is 2. The zero-order valence-electron chi connectivity index (χ0n) is 12.8. The Morgan fingerprint density at radius 1 is 1.21 bits per heavy atom. The summed E-state index contributed by atoms with van der Waals surface area (Å²) >= 11 is 5.76. The van der Waals surface area contributed by atoms with E-state index in [1.165, 1.54) is 18.2 Å². The third kappa shape index (κ3) is 3.12. The van der Waals surface area contributed by atoms with Crippen molar-refractivity contribution in [3.8, 4) is 11.3 Å². The van der Waals surface area contributed by atoms with Gasteiger partial charge >= 0.3 is 0 Å². The summed E-state index contributed by atoms with van der Waals surface area (Å²) in [4.78, 5) is 12.3. The minimum absolute atomic E-state index is 0.00899. The lowest BCUT2D eigenvalue weighted by molar-refractivity contribution is 0.0997. The summed E-state index contributed by atoms with van der Waals surface area (Å²) in [6.07, 6.45) is 0. The first-order chi connectivity index (χ1) is 11.5. The van der Waals surface area contributed by atoms with Crippen LogP contribution in [-0.4, -0.2) is 5.91 Å². The van der Waals surface area contributed by atoms with E-state index >= 15 is 0 Å². The summed E-state index contributed by atoms with van der Waals surface area (Å²) < 4.78 is 18.8. The fraction of sp³-hybridized carbons (Fsp3) is 0.0556. The van der Waals surface area contributed by atoms with E-state index in [9.17, 15) is 9.18 Å². The molecule has 1 amide bonds. The Balaban J connectivity index is 1.83. The van der Waals surface area contributed by atoms with Crippen molar-refractivity contribution < 1.29 is 13.6 Å². The normalized spacial score (nSPS) is 10.6. The number of benzene rings is 2. The van der Waals surface area contributed by atoms with Gasteiger partial charge in [-0.2, -0.15) is 0 Å². The molecule has 3 rings (SSSR count). The Morgan fingerprint density at radius 3 is 2.75 bits per heavy atom. The van der Waals surface area contributed by atoms with E-state index in [1.807, 2.05) is 6.92 Å². The molecule has 24 heavy (non-hydrogen) atoms. The summed E-state index contributed by atoms with van der Waals surface area (Å²) in [6, 6.07) is 12.7. The zero-order valence-corrected chi connectivity index (χ0v) is 13.5. The molecule has 6 heteroatoms. The van der Waals surface area contributed by atoms with Gasteiger partial charge in [0.1, 0.15) is 11.6 Å². The predicted octanol–water partition coefficient (Wildman–Crippen LogP) is 4.88. The molecular weight excluding hydrogens is 331 g/mol. The average Bonchev–Trinajstić information content (AvgIpc) is 3.04. The second-order valence-corrected chi connectivity index (χ2v) is 5.67. The Kier molecular flexibility index (Phi) is 4.27. The molecule has 0 aliphatic carbocycles. The molecule has 0 saturated carbocycles. The van der Waals surface area contributed by atoms with Gasteiger partial charge in [0, 0.05) is 16.9 Å². The van der Waals surface area contributed by atoms with Gasteiger partial charge in [-0.15, -0.1) is 0 Å². The largest absolute Gasteiger partial charge is 0.451 e. The van der Waals surface area contributed by atoms with Crippen LogP contribution in [0.15, 0.2) is 52.9 Å². The van der Waals surface area contributed by atoms with E-state index in [1.54, 1.807) is 30.3 Å². The maximum absolute atomic E-state index is 13.2. The molecule has 0 aliphatic rings. The van der Waals surface area contributed by atoms with Crippen LogP contribution in [-0.2, 0) is 0 Å². The second-order valence-electron chi connectivity index (χ2n) is 5.27. The van der Waals surface area contributed by atoms with Crippen molar-refractivity contribution in [1.29, 1.82) is 0 Å². The number of carbonyl (C=O) groups is 1. The number of anilines is 2. The molecule has 122 valence electrons. The monoisotopic (exact) mass is 344 g/mol. The summed E-state index contributed by atoms with van der Waals surface area (Å²) in [5, 5.41) is 2.74. The van der Waals surface area contributed by atoms with Gasteiger partial charge in [-0.05, 0) is 55.0 Å². The van der Waals surface area contributed by atoms with Crippen LogP contribution in [0.25, 0.3) is 11.3 Å². The van der Waals surface area contributed by atoms with Gasteiger partial charge in [0.15, 0.2) is 5.76 Å². The molecule has 0 saturated heterocycles. The van der Waals surface area contributed by atoms with Crippen LogP contribution < -0.4 is 11.1 Å². The van der Waals surface area contributed by atoms with E-state index in [0.29, 0.717) is 22.7 Å². The van der Waals surface area contributed by atoms with Gasteiger partial charge < -0.3 is 15.5 Å². The number of nitrogens with two attached hydrogens (primary N) is 1. The van der Waals surface area contributed by atoms with E-state index in [-0.39, 0.29) is 10.8 Å². The molecule has 0 bridgehead atoms. The molecular formula is C18H14ClFN2O2. The van der Waals surface area contributed by atoms with Gasteiger partial charge in [-0.3, -0.25) is 4.79 Å². The molecule has 4 nitrogen and oxygen atoms in total. The Morgan fingerprint density at radius 2 is 2.00 bits per heavy atom. The maximum Gasteiger partial charge on any atom is 0.291 e. The highest BCUT2D eigenvalue weighted by molar-refractivity contribution is 6.31. The molecule has 0 spiro atoms. The summed E-state index contributed by atoms with van der Waals surface area (Å²) in [5.74, 6) is -0.358. The van der Waals surface area contributed by atoms with Crippen molar-refractivity contribution in [3.05, 3.63) is 70.7 Å². The minimum atomic E-state index is -0.512. The number of hydrogen-bond acceptors (Lipinski definition) is 3. The molecule has 0 unspecified atom stereocenters. The number of carbonyl (C=O) groups excluding carboxylic acids is 1. The maximum atomic E-state index is 13.2. The summed E-state index contributed by atoms with van der Waals surface area (Å²) in [7, 11) is 0. The minimum Gasteiger partial charge on any atom is -0.451 e. The molecule has 0 radical (unpaired) electrons. The molecule has 3 N–H and O–H groups in total. The molecule has 0 aliphatic heterocycles. The first-order valence-electron chi connectivity index (χ1n) is 7.17. The lowest BCUT2D eigenvalue weighted by Crippen LogP contribution is -2.12. The van der Waals surface area contributed by atoms with Crippen LogP contribution in [0.3, 0.4) is 0 Å². The van der Waals surface area contributed by atoms with E-state index in [0.717, 1.165) is 5.56 Å². The third-order valence-electron chi connectivity index (χ3n) is 3.66. The lowest BCUT2D eigenvalue weighted by Gasteiger charge is -2.08. The van der Waals surface area contributed by atoms with E-state index < -0.39 is 11.7 Å². The SMILES string of the molecule is Cc1c(N)cccc1NC(=O)c1ccc(-c2ccc(F)c(Cl)c2)o1. The van der Waals surface area contributed by atoms with Crippen LogP contribution in [0.5, 0.6) is 0 Å². The van der Waals surface area contributed by atoms with E-state index in [4.69, 9.17) is 21.8 Å². The summed E-state index contributed by atoms with van der Waals surface area (Å²) in [5.41, 5.74) is 8.39. The smallest absolute Gasteiger partial charge is 0.291 e. The van der Waals surface area contributed by atoms with E-state index in [2.05, 4.69) is 5.32 Å². The number of furan rings is 1. The Labute approximate surface area is 143 Å². The van der Waals surface area contributed by atoms with Crippen LogP contribution in [0.1, 0.15) is 16.1 Å². The molecule has 0 atom stereocenters. The topological polar surface area (TPSA) is 68.3 Å². The van der Waals surface area contributed by atoms with Crippen molar-refractivity contribution in [3.63, 3.8) is 0 Å².